The van der Waals surface area contributed by atoms with E-state index in [1.54, 1.807) is 6.92 Å². The van der Waals surface area contributed by atoms with E-state index >= 15 is 0 Å². The van der Waals surface area contributed by atoms with E-state index in [2.05, 4.69) is 35.7 Å². The average molecular weight is 337 g/mol. The Balaban J connectivity index is 2.04. The SMILES string of the molecule is C=C(C)C(=O)OC(C)CN1C=CN(CCCCCCCCCC)C1. The highest BCUT2D eigenvalue weighted by Crippen LogP contribution is 2.12. The molecule has 0 spiro atoms. The molecule has 1 aliphatic rings. The van der Waals surface area contributed by atoms with Crippen LogP contribution in [0.5, 0.6) is 0 Å². The molecule has 24 heavy (non-hydrogen) atoms. The maximum absolute atomic E-state index is 11.5. The van der Waals surface area contributed by atoms with Crippen LogP contribution in [0, 0.1) is 0 Å². The van der Waals surface area contributed by atoms with Crippen molar-refractivity contribution in [3.05, 3.63) is 24.6 Å². The van der Waals surface area contributed by atoms with E-state index in [9.17, 15) is 4.79 Å². The quantitative estimate of drug-likeness (QED) is 0.278. The Kier molecular flexibility index (Phi) is 10.3. The molecule has 0 radical (unpaired) electrons. The monoisotopic (exact) mass is 336 g/mol. The third kappa shape index (κ3) is 8.99. The van der Waals surface area contributed by atoms with Crippen molar-refractivity contribution in [1.29, 1.82) is 0 Å². The van der Waals surface area contributed by atoms with Crippen molar-refractivity contribution in [2.75, 3.05) is 19.8 Å². The average Bonchev–Trinajstić information content (AvgIpc) is 2.97. The van der Waals surface area contributed by atoms with Gasteiger partial charge in [0, 0.05) is 24.5 Å². The normalized spacial score (nSPS) is 15.0. The van der Waals surface area contributed by atoms with Crippen LogP contribution in [0.2, 0.25) is 0 Å². The first kappa shape index (κ1) is 20.6. The molecule has 0 saturated carbocycles. The lowest BCUT2D eigenvalue weighted by Gasteiger charge is -2.24. The predicted octanol–water partition coefficient (Wildman–Crippen LogP) is 4.68. The Bertz CT molecular complexity index is 406. The third-order valence-electron chi connectivity index (χ3n) is 4.30. The van der Waals surface area contributed by atoms with Gasteiger partial charge in [0.1, 0.15) is 6.10 Å². The molecule has 0 aliphatic carbocycles. The molecular formula is C20H36N2O2. The molecule has 4 nitrogen and oxygen atoms in total. The van der Waals surface area contributed by atoms with Gasteiger partial charge in [-0.25, -0.2) is 4.79 Å². The van der Waals surface area contributed by atoms with E-state index in [1.165, 1.54) is 51.4 Å². The van der Waals surface area contributed by atoms with Gasteiger partial charge in [0.15, 0.2) is 0 Å². The van der Waals surface area contributed by atoms with Gasteiger partial charge in [0.2, 0.25) is 0 Å². The zero-order valence-electron chi connectivity index (χ0n) is 15.9. The second kappa shape index (κ2) is 12.0. The molecule has 0 aromatic carbocycles. The molecule has 0 aromatic rings. The Morgan fingerprint density at radius 2 is 1.67 bits per heavy atom. The minimum absolute atomic E-state index is 0.123. The largest absolute Gasteiger partial charge is 0.457 e. The van der Waals surface area contributed by atoms with Crippen molar-refractivity contribution >= 4 is 5.97 Å². The zero-order chi connectivity index (χ0) is 17.8. The van der Waals surface area contributed by atoms with Crippen molar-refractivity contribution in [3.63, 3.8) is 0 Å². The van der Waals surface area contributed by atoms with Gasteiger partial charge in [0.25, 0.3) is 0 Å². The molecule has 4 heteroatoms. The molecule has 0 bridgehead atoms. The Morgan fingerprint density at radius 1 is 1.08 bits per heavy atom. The predicted molar refractivity (Wildman–Crippen MR) is 100 cm³/mol. The molecule has 1 heterocycles. The summed E-state index contributed by atoms with van der Waals surface area (Å²) in [4.78, 5) is 16.0. The summed E-state index contributed by atoms with van der Waals surface area (Å²) in [5.74, 6) is -0.304. The lowest BCUT2D eigenvalue weighted by atomic mass is 10.1. The number of nitrogens with zero attached hydrogens (tertiary/aromatic N) is 2. The number of esters is 1. The maximum Gasteiger partial charge on any atom is 0.333 e. The fourth-order valence-electron chi connectivity index (χ4n) is 2.88. The fourth-order valence-corrected chi connectivity index (χ4v) is 2.88. The van der Waals surface area contributed by atoms with Gasteiger partial charge in [-0.2, -0.15) is 0 Å². The Labute approximate surface area is 148 Å². The Hall–Kier alpha value is -1.45. The molecule has 1 rings (SSSR count). The van der Waals surface area contributed by atoms with Crippen LogP contribution in [0.1, 0.15) is 72.1 Å². The van der Waals surface area contributed by atoms with Crippen LogP contribution in [-0.4, -0.2) is 41.6 Å². The molecule has 0 amide bonds. The van der Waals surface area contributed by atoms with E-state index in [0.717, 1.165) is 19.8 Å². The highest BCUT2D eigenvalue weighted by Gasteiger charge is 2.17. The number of ether oxygens (including phenoxy) is 1. The van der Waals surface area contributed by atoms with Gasteiger partial charge in [-0.15, -0.1) is 0 Å². The van der Waals surface area contributed by atoms with Crippen molar-refractivity contribution in [1.82, 2.24) is 9.80 Å². The van der Waals surface area contributed by atoms with Crippen molar-refractivity contribution in [3.8, 4) is 0 Å². The number of carbonyl (C=O) groups is 1. The molecular weight excluding hydrogens is 300 g/mol. The Morgan fingerprint density at radius 3 is 2.29 bits per heavy atom. The third-order valence-corrected chi connectivity index (χ3v) is 4.30. The van der Waals surface area contributed by atoms with Crippen LogP contribution < -0.4 is 0 Å². The summed E-state index contributed by atoms with van der Waals surface area (Å²) in [6.07, 6.45) is 14.9. The van der Waals surface area contributed by atoms with Crippen LogP contribution in [0.3, 0.4) is 0 Å². The van der Waals surface area contributed by atoms with Crippen molar-refractivity contribution in [2.45, 2.75) is 78.2 Å². The van der Waals surface area contributed by atoms with E-state index in [1.807, 2.05) is 6.92 Å². The van der Waals surface area contributed by atoms with Gasteiger partial charge in [-0.1, -0.05) is 58.4 Å². The summed E-state index contributed by atoms with van der Waals surface area (Å²) in [6.45, 7) is 12.2. The first-order valence-corrected chi connectivity index (χ1v) is 9.55. The van der Waals surface area contributed by atoms with Crippen LogP contribution in [-0.2, 0) is 9.53 Å². The van der Waals surface area contributed by atoms with Crippen LogP contribution in [0.25, 0.3) is 0 Å². The van der Waals surface area contributed by atoms with E-state index in [-0.39, 0.29) is 12.1 Å². The smallest absolute Gasteiger partial charge is 0.333 e. The first-order valence-electron chi connectivity index (χ1n) is 9.55. The van der Waals surface area contributed by atoms with Crippen LogP contribution >= 0.6 is 0 Å². The summed E-state index contributed by atoms with van der Waals surface area (Å²) in [5, 5.41) is 0. The molecule has 138 valence electrons. The van der Waals surface area contributed by atoms with Crippen molar-refractivity contribution in [2.24, 2.45) is 0 Å². The van der Waals surface area contributed by atoms with Gasteiger partial charge in [-0.3, -0.25) is 0 Å². The summed E-state index contributed by atoms with van der Waals surface area (Å²) < 4.78 is 5.33. The lowest BCUT2D eigenvalue weighted by molar-refractivity contribution is -0.143. The van der Waals surface area contributed by atoms with E-state index in [4.69, 9.17) is 4.74 Å². The first-order chi connectivity index (χ1) is 11.5. The van der Waals surface area contributed by atoms with Gasteiger partial charge >= 0.3 is 5.97 Å². The second-order valence-corrected chi connectivity index (χ2v) is 6.99. The standard InChI is InChI=1S/C20H36N2O2/c1-5-6-7-8-9-10-11-12-13-21-14-15-22(17-21)16-19(4)24-20(23)18(2)3/h14-15,19H,2,5-13,16-17H2,1,3-4H3. The number of hydrogen-bond acceptors (Lipinski definition) is 4. The number of carbonyl (C=O) groups excluding carboxylic acids is 1. The minimum atomic E-state index is -0.304. The van der Waals surface area contributed by atoms with E-state index < -0.39 is 0 Å². The molecule has 0 N–H and O–H groups in total. The minimum Gasteiger partial charge on any atom is -0.457 e. The number of unbranched alkanes of at least 4 members (excludes halogenated alkanes) is 7. The fraction of sp³-hybridized carbons (Fsp3) is 0.750. The van der Waals surface area contributed by atoms with Crippen LogP contribution in [0.15, 0.2) is 24.6 Å². The van der Waals surface area contributed by atoms with Gasteiger partial charge in [0.05, 0.1) is 13.2 Å². The van der Waals surface area contributed by atoms with E-state index in [0.29, 0.717) is 5.57 Å². The summed E-state index contributed by atoms with van der Waals surface area (Å²) in [6, 6.07) is 0. The highest BCUT2D eigenvalue weighted by atomic mass is 16.5. The zero-order valence-corrected chi connectivity index (χ0v) is 15.9. The molecule has 0 aromatic heterocycles. The summed E-state index contributed by atoms with van der Waals surface area (Å²) >= 11 is 0. The molecule has 1 aliphatic heterocycles. The summed E-state index contributed by atoms with van der Waals surface area (Å²) in [5.41, 5.74) is 0.454. The number of rotatable bonds is 13. The number of hydrogen-bond donors (Lipinski definition) is 0. The second-order valence-electron chi connectivity index (χ2n) is 6.99. The van der Waals surface area contributed by atoms with Crippen LogP contribution in [0.4, 0.5) is 0 Å². The topological polar surface area (TPSA) is 32.8 Å². The van der Waals surface area contributed by atoms with Crippen molar-refractivity contribution < 1.29 is 9.53 Å². The highest BCUT2D eigenvalue weighted by molar-refractivity contribution is 5.87. The lowest BCUT2D eigenvalue weighted by Crippen LogP contribution is -2.33. The van der Waals surface area contributed by atoms with Gasteiger partial charge < -0.3 is 14.5 Å². The molecule has 0 saturated heterocycles. The maximum atomic E-state index is 11.5. The molecule has 1 unspecified atom stereocenters. The van der Waals surface area contributed by atoms with Gasteiger partial charge in [-0.05, 0) is 20.3 Å². The molecule has 1 atom stereocenters. The summed E-state index contributed by atoms with van der Waals surface area (Å²) in [7, 11) is 0. The molecule has 0 fully saturated rings.